The lowest BCUT2D eigenvalue weighted by atomic mass is 10.0. The average molecular weight is 256 g/mol. The molecule has 100 valence electrons. The van der Waals surface area contributed by atoms with E-state index < -0.39 is 0 Å². The zero-order chi connectivity index (χ0) is 13.8. The van der Waals surface area contributed by atoms with Gasteiger partial charge in [0.2, 0.25) is 0 Å². The molecule has 1 atom stereocenters. The van der Waals surface area contributed by atoms with Gasteiger partial charge in [0.25, 0.3) is 0 Å². The zero-order valence-corrected chi connectivity index (χ0v) is 11.6. The second-order valence-electron chi connectivity index (χ2n) is 4.99. The van der Waals surface area contributed by atoms with Gasteiger partial charge in [0.05, 0.1) is 12.3 Å². The van der Waals surface area contributed by atoms with Crippen molar-refractivity contribution < 1.29 is 4.74 Å². The Morgan fingerprint density at radius 1 is 1.00 bits per heavy atom. The first-order valence-corrected chi connectivity index (χ1v) is 6.54. The number of hydrogen-bond donors (Lipinski definition) is 1. The van der Waals surface area contributed by atoms with Crippen molar-refractivity contribution in [2.45, 2.75) is 32.9 Å². The van der Waals surface area contributed by atoms with Gasteiger partial charge in [-0.25, -0.2) is 0 Å². The van der Waals surface area contributed by atoms with Gasteiger partial charge in [0, 0.05) is 17.8 Å². The summed E-state index contributed by atoms with van der Waals surface area (Å²) >= 11 is 0. The van der Waals surface area contributed by atoms with Gasteiger partial charge in [0.1, 0.15) is 5.75 Å². The SMILES string of the molecule is CC(C)Oc1cncc(-c2ccc(C(C)N)cc2)c1. The minimum Gasteiger partial charge on any atom is -0.489 e. The summed E-state index contributed by atoms with van der Waals surface area (Å²) in [6, 6.07) is 10.3. The Kier molecular flexibility index (Phi) is 4.17. The van der Waals surface area contributed by atoms with Crippen LogP contribution in [0.1, 0.15) is 32.4 Å². The molecule has 1 heterocycles. The topological polar surface area (TPSA) is 48.1 Å². The van der Waals surface area contributed by atoms with E-state index in [1.165, 1.54) is 0 Å². The first kappa shape index (κ1) is 13.6. The van der Waals surface area contributed by atoms with Crippen LogP contribution in [0, 0.1) is 0 Å². The Labute approximate surface area is 114 Å². The fraction of sp³-hybridized carbons (Fsp3) is 0.312. The van der Waals surface area contributed by atoms with Crippen LogP contribution in [-0.4, -0.2) is 11.1 Å². The van der Waals surface area contributed by atoms with Crippen LogP contribution in [0.2, 0.25) is 0 Å². The van der Waals surface area contributed by atoms with Gasteiger partial charge in [-0.3, -0.25) is 4.98 Å². The van der Waals surface area contributed by atoms with Gasteiger partial charge in [-0.1, -0.05) is 24.3 Å². The van der Waals surface area contributed by atoms with Crippen LogP contribution in [-0.2, 0) is 0 Å². The van der Waals surface area contributed by atoms with Crippen molar-refractivity contribution in [2.75, 3.05) is 0 Å². The summed E-state index contributed by atoms with van der Waals surface area (Å²) in [6.45, 7) is 5.99. The van der Waals surface area contributed by atoms with E-state index in [2.05, 4.69) is 29.2 Å². The Morgan fingerprint density at radius 3 is 2.26 bits per heavy atom. The molecular formula is C16H20N2O. The van der Waals surface area contributed by atoms with Crippen molar-refractivity contribution in [1.29, 1.82) is 0 Å². The molecule has 0 radical (unpaired) electrons. The number of benzene rings is 1. The fourth-order valence-electron chi connectivity index (χ4n) is 1.89. The molecule has 0 aliphatic heterocycles. The number of nitrogens with two attached hydrogens (primary N) is 1. The third-order valence-electron chi connectivity index (χ3n) is 2.85. The lowest BCUT2D eigenvalue weighted by molar-refractivity contribution is 0.241. The number of nitrogens with zero attached hydrogens (tertiary/aromatic N) is 1. The van der Waals surface area contributed by atoms with Crippen LogP contribution in [0.4, 0.5) is 0 Å². The molecule has 0 bridgehead atoms. The average Bonchev–Trinajstić information content (AvgIpc) is 2.38. The monoisotopic (exact) mass is 256 g/mol. The summed E-state index contributed by atoms with van der Waals surface area (Å²) in [5, 5.41) is 0. The summed E-state index contributed by atoms with van der Waals surface area (Å²) in [6.07, 6.45) is 3.73. The highest BCUT2D eigenvalue weighted by molar-refractivity contribution is 5.64. The first-order valence-electron chi connectivity index (χ1n) is 6.54. The van der Waals surface area contributed by atoms with Gasteiger partial charge >= 0.3 is 0 Å². The normalized spacial score (nSPS) is 12.5. The lowest BCUT2D eigenvalue weighted by Gasteiger charge is -2.11. The standard InChI is InChI=1S/C16H20N2O/c1-11(2)19-16-8-15(9-18-10-16)14-6-4-13(5-7-14)12(3)17/h4-12H,17H2,1-3H3. The van der Waals surface area contributed by atoms with Crippen molar-refractivity contribution in [3.8, 4) is 16.9 Å². The molecular weight excluding hydrogens is 236 g/mol. The highest BCUT2D eigenvalue weighted by Gasteiger charge is 2.04. The molecule has 19 heavy (non-hydrogen) atoms. The number of ether oxygens (including phenoxy) is 1. The molecule has 2 rings (SSSR count). The number of aromatic nitrogens is 1. The quantitative estimate of drug-likeness (QED) is 0.910. The van der Waals surface area contributed by atoms with Crippen LogP contribution in [0.5, 0.6) is 5.75 Å². The summed E-state index contributed by atoms with van der Waals surface area (Å²) in [7, 11) is 0. The highest BCUT2D eigenvalue weighted by Crippen LogP contribution is 2.24. The number of hydrogen-bond acceptors (Lipinski definition) is 3. The smallest absolute Gasteiger partial charge is 0.138 e. The summed E-state index contributed by atoms with van der Waals surface area (Å²) in [4.78, 5) is 4.22. The van der Waals surface area contributed by atoms with E-state index in [4.69, 9.17) is 10.5 Å². The van der Waals surface area contributed by atoms with Gasteiger partial charge < -0.3 is 10.5 Å². The van der Waals surface area contributed by atoms with Gasteiger partial charge in [-0.2, -0.15) is 0 Å². The molecule has 0 fully saturated rings. The van der Waals surface area contributed by atoms with Crippen molar-refractivity contribution in [3.05, 3.63) is 48.3 Å². The van der Waals surface area contributed by atoms with E-state index in [9.17, 15) is 0 Å². The molecule has 0 spiro atoms. The molecule has 1 aromatic carbocycles. The van der Waals surface area contributed by atoms with Gasteiger partial charge in [0.15, 0.2) is 0 Å². The summed E-state index contributed by atoms with van der Waals surface area (Å²) in [5.74, 6) is 0.795. The van der Waals surface area contributed by atoms with Crippen LogP contribution in [0.15, 0.2) is 42.7 Å². The molecule has 0 saturated heterocycles. The Morgan fingerprint density at radius 2 is 1.68 bits per heavy atom. The van der Waals surface area contributed by atoms with E-state index >= 15 is 0 Å². The fourth-order valence-corrected chi connectivity index (χ4v) is 1.89. The van der Waals surface area contributed by atoms with Crippen molar-refractivity contribution in [3.63, 3.8) is 0 Å². The molecule has 3 heteroatoms. The van der Waals surface area contributed by atoms with E-state index in [0.29, 0.717) is 0 Å². The van der Waals surface area contributed by atoms with Crippen LogP contribution >= 0.6 is 0 Å². The summed E-state index contributed by atoms with van der Waals surface area (Å²) in [5.41, 5.74) is 9.15. The lowest BCUT2D eigenvalue weighted by Crippen LogP contribution is -2.05. The third kappa shape index (κ3) is 3.55. The second kappa shape index (κ2) is 5.85. The molecule has 3 nitrogen and oxygen atoms in total. The van der Waals surface area contributed by atoms with E-state index in [1.54, 1.807) is 6.20 Å². The minimum atomic E-state index is 0.0581. The van der Waals surface area contributed by atoms with E-state index in [0.717, 1.165) is 22.4 Å². The first-order chi connectivity index (χ1) is 9.06. The maximum absolute atomic E-state index is 5.85. The molecule has 0 aliphatic carbocycles. The van der Waals surface area contributed by atoms with Crippen molar-refractivity contribution >= 4 is 0 Å². The molecule has 2 aromatic rings. The number of pyridine rings is 1. The predicted molar refractivity (Wildman–Crippen MR) is 78.0 cm³/mol. The largest absolute Gasteiger partial charge is 0.489 e. The van der Waals surface area contributed by atoms with Crippen molar-refractivity contribution in [2.24, 2.45) is 5.73 Å². The maximum Gasteiger partial charge on any atom is 0.138 e. The molecule has 0 aliphatic rings. The maximum atomic E-state index is 5.85. The van der Waals surface area contributed by atoms with Gasteiger partial charge in [-0.15, -0.1) is 0 Å². The predicted octanol–water partition coefficient (Wildman–Crippen LogP) is 3.56. The van der Waals surface area contributed by atoms with Crippen LogP contribution in [0.25, 0.3) is 11.1 Å². The molecule has 0 saturated carbocycles. The molecule has 1 aromatic heterocycles. The minimum absolute atomic E-state index is 0.0581. The second-order valence-corrected chi connectivity index (χ2v) is 4.99. The molecule has 0 amide bonds. The van der Waals surface area contributed by atoms with E-state index in [-0.39, 0.29) is 12.1 Å². The van der Waals surface area contributed by atoms with Gasteiger partial charge in [-0.05, 0) is 38.0 Å². The Balaban J connectivity index is 2.26. The summed E-state index contributed by atoms with van der Waals surface area (Å²) < 4.78 is 5.66. The van der Waals surface area contributed by atoms with Crippen LogP contribution < -0.4 is 10.5 Å². The van der Waals surface area contributed by atoms with Crippen LogP contribution in [0.3, 0.4) is 0 Å². The Bertz CT molecular complexity index is 533. The zero-order valence-electron chi connectivity index (χ0n) is 11.6. The van der Waals surface area contributed by atoms with Crippen molar-refractivity contribution in [1.82, 2.24) is 4.98 Å². The third-order valence-corrected chi connectivity index (χ3v) is 2.85. The number of rotatable bonds is 4. The molecule has 1 unspecified atom stereocenters. The molecule has 2 N–H and O–H groups in total. The highest BCUT2D eigenvalue weighted by atomic mass is 16.5. The Hall–Kier alpha value is -1.87. The van der Waals surface area contributed by atoms with E-state index in [1.807, 2.05) is 33.0 Å².